The third kappa shape index (κ3) is 6.86. The van der Waals surface area contributed by atoms with Crippen LogP contribution in [0.1, 0.15) is 23.2 Å². The molecule has 2 rings (SSSR count). The van der Waals surface area contributed by atoms with Crippen molar-refractivity contribution in [2.45, 2.75) is 18.9 Å². The van der Waals surface area contributed by atoms with Crippen molar-refractivity contribution >= 4 is 53.0 Å². The average molecular weight is 467 g/mol. The molecule has 0 bridgehead atoms. The van der Waals surface area contributed by atoms with Gasteiger partial charge >= 0.3 is 12.1 Å². The van der Waals surface area contributed by atoms with Crippen molar-refractivity contribution in [2.24, 2.45) is 5.92 Å². The summed E-state index contributed by atoms with van der Waals surface area (Å²) in [6, 6.07) is 3.50. The summed E-state index contributed by atoms with van der Waals surface area (Å²) in [7, 11) is 0. The third-order valence-electron chi connectivity index (χ3n) is 4.50. The maximum Gasteiger partial charge on any atom is 0.410 e. The fraction of sp³-hybridized carbons (Fsp3) is 0.333. The van der Waals surface area contributed by atoms with Crippen molar-refractivity contribution in [2.75, 3.05) is 25.1 Å². The molecule has 0 spiro atoms. The minimum absolute atomic E-state index is 0.00674. The van der Waals surface area contributed by atoms with Crippen LogP contribution in [0.2, 0.25) is 5.02 Å². The van der Waals surface area contributed by atoms with Gasteiger partial charge in [-0.1, -0.05) is 36.9 Å². The van der Waals surface area contributed by atoms with Gasteiger partial charge in [0.1, 0.15) is 19.3 Å². The lowest BCUT2D eigenvalue weighted by molar-refractivity contribution is -0.120. The van der Waals surface area contributed by atoms with Gasteiger partial charge in [0.05, 0.1) is 10.6 Å². The van der Waals surface area contributed by atoms with E-state index in [9.17, 15) is 19.2 Å². The van der Waals surface area contributed by atoms with Gasteiger partial charge in [0.25, 0.3) is 0 Å². The molecule has 1 aliphatic rings. The number of rotatable bonds is 9. The number of nitrogens with zero attached hydrogens (tertiary/aromatic N) is 1. The molecule has 166 valence electrons. The number of benzene rings is 1. The van der Waals surface area contributed by atoms with Gasteiger partial charge in [-0.3, -0.25) is 14.5 Å². The molecule has 10 heteroatoms. The smallest absolute Gasteiger partial charge is 0.410 e. The van der Waals surface area contributed by atoms with Gasteiger partial charge in [-0.25, -0.2) is 9.59 Å². The summed E-state index contributed by atoms with van der Waals surface area (Å²) in [5.41, 5.74) is 0.376. The highest BCUT2D eigenvalue weighted by atomic mass is 35.5. The number of esters is 1. The van der Waals surface area contributed by atoms with Crippen molar-refractivity contribution in [3.63, 3.8) is 0 Å². The number of hydrogen-bond acceptors (Lipinski definition) is 6. The minimum Gasteiger partial charge on any atom is -0.458 e. The van der Waals surface area contributed by atoms with E-state index in [2.05, 4.69) is 31.1 Å². The molecule has 31 heavy (non-hydrogen) atoms. The molecule has 0 saturated carbocycles. The van der Waals surface area contributed by atoms with Crippen molar-refractivity contribution in [1.29, 1.82) is 0 Å². The minimum atomic E-state index is -0.859. The van der Waals surface area contributed by atoms with Crippen LogP contribution in [-0.2, 0) is 19.1 Å². The highest BCUT2D eigenvalue weighted by molar-refractivity contribution is 7.96. The molecule has 1 aliphatic heterocycles. The monoisotopic (exact) mass is 466 g/mol. The van der Waals surface area contributed by atoms with E-state index in [1.807, 2.05) is 0 Å². The predicted octanol–water partition coefficient (Wildman–Crippen LogP) is 3.48. The summed E-state index contributed by atoms with van der Waals surface area (Å²) < 4.78 is 10.0. The lowest BCUT2D eigenvalue weighted by Gasteiger charge is -2.23. The first-order chi connectivity index (χ1) is 14.8. The third-order valence-corrected chi connectivity index (χ3v) is 5.01. The average Bonchev–Trinajstić information content (AvgIpc) is 3.14. The normalized spacial score (nSPS) is 17.5. The molecule has 2 amide bonds. The zero-order chi connectivity index (χ0) is 23.0. The van der Waals surface area contributed by atoms with Gasteiger partial charge in [-0.15, -0.1) is 12.6 Å². The number of carbonyl (C=O) groups is 4. The van der Waals surface area contributed by atoms with Crippen LogP contribution in [0, 0.1) is 5.92 Å². The summed E-state index contributed by atoms with van der Waals surface area (Å²) in [5, 5.41) is 2.51. The van der Waals surface area contributed by atoms with Crippen LogP contribution in [0.4, 0.5) is 10.5 Å². The molecule has 1 heterocycles. The van der Waals surface area contributed by atoms with E-state index in [1.165, 1.54) is 35.3 Å². The first-order valence-electron chi connectivity index (χ1n) is 9.41. The quantitative estimate of drug-likeness (QED) is 0.328. The van der Waals surface area contributed by atoms with Gasteiger partial charge in [-0.2, -0.15) is 0 Å². The lowest BCUT2D eigenvalue weighted by Crippen LogP contribution is -2.43. The van der Waals surface area contributed by atoms with Crippen LogP contribution in [-0.4, -0.2) is 53.8 Å². The van der Waals surface area contributed by atoms with Crippen LogP contribution < -0.4 is 5.32 Å². The number of ether oxygens (including phenoxy) is 2. The molecular formula is C21H23ClN2O6S. The molecule has 2 atom stereocenters. The van der Waals surface area contributed by atoms with Gasteiger partial charge < -0.3 is 14.8 Å². The standard InChI is InChI=1S/C21H23ClN2O6S/c1-3-7-29-20(27)15-11-14(5-6-16(15)22)23-19(26)17-9-13(10-18(25)31)12-24(17)21(28)30-8-4-2/h3-6,11,13,17H,1-2,7-10,12H2,(H,23,26)(H,25,31)/t13-,17-/m0/s1. The molecule has 0 radical (unpaired) electrons. The Morgan fingerprint density at radius 3 is 2.52 bits per heavy atom. The Labute approximate surface area is 190 Å². The second-order valence-corrected chi connectivity index (χ2v) is 7.71. The van der Waals surface area contributed by atoms with Crippen molar-refractivity contribution in [1.82, 2.24) is 4.90 Å². The molecule has 0 unspecified atom stereocenters. The maximum absolute atomic E-state index is 12.9. The molecule has 1 aromatic carbocycles. The molecule has 8 nitrogen and oxygen atoms in total. The van der Waals surface area contributed by atoms with Crippen molar-refractivity contribution in [3.05, 3.63) is 54.1 Å². The number of carbonyl (C=O) groups excluding carboxylic acids is 4. The van der Waals surface area contributed by atoms with E-state index in [4.69, 9.17) is 21.1 Å². The number of halogens is 1. The van der Waals surface area contributed by atoms with Gasteiger partial charge in [0.2, 0.25) is 5.91 Å². The first kappa shape index (κ1) is 24.5. The summed E-state index contributed by atoms with van der Waals surface area (Å²) in [4.78, 5) is 50.1. The molecule has 0 aliphatic carbocycles. The number of likely N-dealkylation sites (tertiary alicyclic amines) is 1. The fourth-order valence-electron chi connectivity index (χ4n) is 3.18. The number of anilines is 1. The SMILES string of the molecule is C=CCOC(=O)c1cc(NC(=O)[C@@H]2C[C@@H](CC(=O)S)CN2C(=O)OCC=C)ccc1Cl. The van der Waals surface area contributed by atoms with E-state index in [1.54, 1.807) is 0 Å². The molecule has 1 aromatic rings. The number of nitrogens with one attached hydrogen (secondary N) is 1. The van der Waals surface area contributed by atoms with Crippen LogP contribution in [0.15, 0.2) is 43.5 Å². The molecule has 1 N–H and O–H groups in total. The van der Waals surface area contributed by atoms with E-state index in [-0.39, 0.29) is 54.2 Å². The molecule has 1 saturated heterocycles. The van der Waals surface area contributed by atoms with Crippen molar-refractivity contribution < 1.29 is 28.7 Å². The summed E-state index contributed by atoms with van der Waals surface area (Å²) in [6.07, 6.45) is 2.54. The summed E-state index contributed by atoms with van der Waals surface area (Å²) >= 11 is 9.85. The topological polar surface area (TPSA) is 102 Å². The van der Waals surface area contributed by atoms with Crippen LogP contribution in [0.3, 0.4) is 0 Å². The Balaban J connectivity index is 2.18. The Hall–Kier alpha value is -2.78. The predicted molar refractivity (Wildman–Crippen MR) is 119 cm³/mol. The van der Waals surface area contributed by atoms with Crippen molar-refractivity contribution in [3.8, 4) is 0 Å². The molecule has 0 aromatic heterocycles. The number of amides is 2. The highest BCUT2D eigenvalue weighted by Gasteiger charge is 2.40. The second kappa shape index (κ2) is 11.6. The zero-order valence-corrected chi connectivity index (χ0v) is 18.4. The fourth-order valence-corrected chi connectivity index (χ4v) is 3.63. The number of hydrogen-bond donors (Lipinski definition) is 2. The highest BCUT2D eigenvalue weighted by Crippen LogP contribution is 2.29. The summed E-state index contributed by atoms with van der Waals surface area (Å²) in [5.74, 6) is -1.38. The Bertz CT molecular complexity index is 891. The Morgan fingerprint density at radius 2 is 1.87 bits per heavy atom. The van der Waals surface area contributed by atoms with Crippen LogP contribution in [0.25, 0.3) is 0 Å². The van der Waals surface area contributed by atoms with E-state index in [0.717, 1.165) is 0 Å². The number of thiol groups is 1. The van der Waals surface area contributed by atoms with E-state index in [0.29, 0.717) is 5.69 Å². The van der Waals surface area contributed by atoms with Gasteiger partial charge in [0.15, 0.2) is 5.12 Å². The maximum atomic E-state index is 12.9. The Kier molecular flexibility index (Phi) is 9.14. The largest absolute Gasteiger partial charge is 0.458 e. The molecule has 1 fully saturated rings. The first-order valence-corrected chi connectivity index (χ1v) is 10.2. The van der Waals surface area contributed by atoms with Gasteiger partial charge in [0, 0.05) is 18.7 Å². The lowest BCUT2D eigenvalue weighted by atomic mass is 10.0. The van der Waals surface area contributed by atoms with Gasteiger partial charge in [-0.05, 0) is 30.5 Å². The summed E-state index contributed by atoms with van der Waals surface area (Å²) in [6.45, 7) is 7.15. The van der Waals surface area contributed by atoms with Crippen LogP contribution >= 0.6 is 24.2 Å². The molecular weight excluding hydrogens is 444 g/mol. The van der Waals surface area contributed by atoms with E-state index >= 15 is 0 Å². The van der Waals surface area contributed by atoms with Crippen LogP contribution in [0.5, 0.6) is 0 Å². The second-order valence-electron chi connectivity index (χ2n) is 6.80. The van der Waals surface area contributed by atoms with E-state index < -0.39 is 24.0 Å². The Morgan fingerprint density at radius 1 is 1.19 bits per heavy atom. The zero-order valence-electron chi connectivity index (χ0n) is 16.7.